The van der Waals surface area contributed by atoms with Crippen molar-refractivity contribution < 1.29 is 4.74 Å². The molecule has 0 aliphatic rings. The Morgan fingerprint density at radius 1 is 0.905 bits per heavy atom. The molecule has 3 rings (SSSR count). The van der Waals surface area contributed by atoms with E-state index in [0.717, 1.165) is 11.3 Å². The van der Waals surface area contributed by atoms with Gasteiger partial charge < -0.3 is 4.74 Å². The Bertz CT molecular complexity index is 779. The van der Waals surface area contributed by atoms with E-state index in [1.807, 2.05) is 42.5 Å². The molecule has 3 aromatic rings. The molecule has 0 radical (unpaired) electrons. The molecule has 0 saturated carbocycles. The molecule has 2 aromatic heterocycles. The van der Waals surface area contributed by atoms with E-state index in [1.54, 1.807) is 12.3 Å². The van der Waals surface area contributed by atoms with Gasteiger partial charge >= 0.3 is 0 Å². The summed E-state index contributed by atoms with van der Waals surface area (Å²) in [4.78, 5) is 12.2. The van der Waals surface area contributed by atoms with E-state index in [2.05, 4.69) is 15.0 Å². The molecule has 0 fully saturated rings. The van der Waals surface area contributed by atoms with Crippen molar-refractivity contribution in [2.75, 3.05) is 0 Å². The van der Waals surface area contributed by atoms with Crippen LogP contribution in [0.25, 0.3) is 11.3 Å². The lowest BCUT2D eigenvalue weighted by Gasteiger charge is -2.06. The van der Waals surface area contributed by atoms with Crippen molar-refractivity contribution in [3.8, 4) is 29.0 Å². The highest BCUT2D eigenvalue weighted by Gasteiger charge is 2.07. The van der Waals surface area contributed by atoms with Gasteiger partial charge in [0.05, 0.1) is 11.9 Å². The number of hydrogen-bond donors (Lipinski definition) is 0. The number of benzene rings is 1. The Morgan fingerprint density at radius 2 is 1.71 bits per heavy atom. The lowest BCUT2D eigenvalue weighted by molar-refractivity contribution is 0.456. The molecule has 5 nitrogen and oxygen atoms in total. The molecule has 5 heteroatoms. The molecule has 0 aliphatic heterocycles. The predicted octanol–water partition coefficient (Wildman–Crippen LogP) is 3.20. The number of hydrogen-bond acceptors (Lipinski definition) is 5. The number of rotatable bonds is 3. The van der Waals surface area contributed by atoms with Crippen LogP contribution in [0.15, 0.2) is 61.1 Å². The zero-order valence-corrected chi connectivity index (χ0v) is 11.0. The van der Waals surface area contributed by atoms with E-state index in [9.17, 15) is 0 Å². The molecular formula is C16H10N4O. The summed E-state index contributed by atoms with van der Waals surface area (Å²) in [6.45, 7) is 0. The molecule has 0 aliphatic carbocycles. The molecule has 21 heavy (non-hydrogen) atoms. The second-order valence-electron chi connectivity index (χ2n) is 4.17. The summed E-state index contributed by atoms with van der Waals surface area (Å²) in [6.07, 6.45) is 4.52. The average molecular weight is 274 g/mol. The third-order valence-corrected chi connectivity index (χ3v) is 2.79. The highest BCUT2D eigenvalue weighted by molar-refractivity contribution is 5.59. The maximum Gasteiger partial charge on any atom is 0.256 e. The molecule has 0 atom stereocenters. The fraction of sp³-hybridized carbons (Fsp3) is 0. The standard InChI is InChI=1S/C16H10N4O/c17-10-15-16(19-9-8-18-15)21-13-6-7-14(20-11-13)12-4-2-1-3-5-12/h1-9,11H. The van der Waals surface area contributed by atoms with Gasteiger partial charge in [-0.3, -0.25) is 4.98 Å². The monoisotopic (exact) mass is 274 g/mol. The summed E-state index contributed by atoms with van der Waals surface area (Å²) in [6, 6.07) is 15.4. The third kappa shape index (κ3) is 2.85. The van der Waals surface area contributed by atoms with Crippen LogP contribution in [0, 0.1) is 11.3 Å². The summed E-state index contributed by atoms with van der Waals surface area (Å²) < 4.78 is 5.53. The van der Waals surface area contributed by atoms with Crippen molar-refractivity contribution in [3.63, 3.8) is 0 Å². The van der Waals surface area contributed by atoms with Crippen LogP contribution >= 0.6 is 0 Å². The average Bonchev–Trinajstić information content (AvgIpc) is 2.57. The van der Waals surface area contributed by atoms with Crippen LogP contribution in [0.5, 0.6) is 11.6 Å². The first kappa shape index (κ1) is 12.8. The van der Waals surface area contributed by atoms with Crippen LogP contribution in [-0.2, 0) is 0 Å². The number of nitrogens with zero attached hydrogens (tertiary/aromatic N) is 4. The van der Waals surface area contributed by atoms with Crippen LogP contribution in [0.4, 0.5) is 0 Å². The smallest absolute Gasteiger partial charge is 0.256 e. The van der Waals surface area contributed by atoms with E-state index in [0.29, 0.717) is 5.75 Å². The Morgan fingerprint density at radius 3 is 2.43 bits per heavy atom. The lowest BCUT2D eigenvalue weighted by atomic mass is 10.1. The summed E-state index contributed by atoms with van der Waals surface area (Å²) in [5.74, 6) is 0.681. The minimum absolute atomic E-state index is 0.143. The molecule has 100 valence electrons. The van der Waals surface area contributed by atoms with Gasteiger partial charge in [0.2, 0.25) is 5.69 Å². The van der Waals surface area contributed by atoms with Gasteiger partial charge in [0.1, 0.15) is 11.8 Å². The highest BCUT2D eigenvalue weighted by Crippen LogP contribution is 2.23. The Labute approximate surface area is 121 Å². The topological polar surface area (TPSA) is 71.7 Å². The first-order chi connectivity index (χ1) is 10.4. The molecule has 0 saturated heterocycles. The zero-order chi connectivity index (χ0) is 14.5. The summed E-state index contributed by atoms with van der Waals surface area (Å²) in [7, 11) is 0. The molecule has 0 spiro atoms. The van der Waals surface area contributed by atoms with Gasteiger partial charge in [-0.25, -0.2) is 9.97 Å². The van der Waals surface area contributed by atoms with Gasteiger partial charge in [0.15, 0.2) is 0 Å². The maximum atomic E-state index is 8.94. The van der Waals surface area contributed by atoms with E-state index in [4.69, 9.17) is 10.00 Å². The predicted molar refractivity (Wildman–Crippen MR) is 76.5 cm³/mol. The lowest BCUT2D eigenvalue weighted by Crippen LogP contribution is -1.94. The van der Waals surface area contributed by atoms with E-state index >= 15 is 0 Å². The minimum atomic E-state index is 0.143. The fourth-order valence-electron chi connectivity index (χ4n) is 1.81. The van der Waals surface area contributed by atoms with Crippen molar-refractivity contribution in [1.82, 2.24) is 15.0 Å². The van der Waals surface area contributed by atoms with Crippen molar-refractivity contribution >= 4 is 0 Å². The number of pyridine rings is 1. The quantitative estimate of drug-likeness (QED) is 0.733. The molecule has 0 N–H and O–H groups in total. The number of ether oxygens (including phenoxy) is 1. The van der Waals surface area contributed by atoms with Crippen LogP contribution in [0.1, 0.15) is 5.69 Å². The van der Waals surface area contributed by atoms with Gasteiger partial charge in [0.25, 0.3) is 5.88 Å². The van der Waals surface area contributed by atoms with E-state index in [1.165, 1.54) is 12.4 Å². The van der Waals surface area contributed by atoms with Crippen molar-refractivity contribution in [2.45, 2.75) is 0 Å². The zero-order valence-electron chi connectivity index (χ0n) is 11.0. The van der Waals surface area contributed by atoms with Crippen molar-refractivity contribution in [3.05, 3.63) is 66.7 Å². The minimum Gasteiger partial charge on any atom is -0.435 e. The maximum absolute atomic E-state index is 8.94. The molecule has 0 unspecified atom stereocenters. The van der Waals surface area contributed by atoms with Gasteiger partial charge in [0, 0.05) is 18.0 Å². The molecule has 0 bridgehead atoms. The van der Waals surface area contributed by atoms with Crippen LogP contribution < -0.4 is 4.74 Å². The first-order valence-electron chi connectivity index (χ1n) is 6.27. The SMILES string of the molecule is N#Cc1nccnc1Oc1ccc(-c2ccccc2)nc1. The summed E-state index contributed by atoms with van der Waals surface area (Å²) in [5, 5.41) is 8.94. The van der Waals surface area contributed by atoms with Crippen LogP contribution in [0.3, 0.4) is 0 Å². The first-order valence-corrected chi connectivity index (χ1v) is 6.27. The largest absolute Gasteiger partial charge is 0.435 e. The number of nitriles is 1. The van der Waals surface area contributed by atoms with E-state index < -0.39 is 0 Å². The summed E-state index contributed by atoms with van der Waals surface area (Å²) >= 11 is 0. The second kappa shape index (κ2) is 5.80. The fourth-order valence-corrected chi connectivity index (χ4v) is 1.81. The second-order valence-corrected chi connectivity index (χ2v) is 4.17. The van der Waals surface area contributed by atoms with Crippen molar-refractivity contribution in [1.29, 1.82) is 5.26 Å². The summed E-state index contributed by atoms with van der Waals surface area (Å²) in [5.41, 5.74) is 2.02. The van der Waals surface area contributed by atoms with Gasteiger partial charge in [-0.1, -0.05) is 30.3 Å². The molecular weight excluding hydrogens is 264 g/mol. The Hall–Kier alpha value is -3.26. The van der Waals surface area contributed by atoms with Crippen LogP contribution in [-0.4, -0.2) is 15.0 Å². The number of aromatic nitrogens is 3. The van der Waals surface area contributed by atoms with E-state index in [-0.39, 0.29) is 11.6 Å². The molecule has 1 aromatic carbocycles. The van der Waals surface area contributed by atoms with Gasteiger partial charge in [-0.2, -0.15) is 5.26 Å². The van der Waals surface area contributed by atoms with Gasteiger partial charge in [-0.05, 0) is 12.1 Å². The molecule has 2 heterocycles. The third-order valence-electron chi connectivity index (χ3n) is 2.79. The Kier molecular flexibility index (Phi) is 3.52. The Balaban J connectivity index is 1.84. The van der Waals surface area contributed by atoms with Crippen LogP contribution in [0.2, 0.25) is 0 Å². The molecule has 0 amide bonds. The normalized spacial score (nSPS) is 9.86. The van der Waals surface area contributed by atoms with Gasteiger partial charge in [-0.15, -0.1) is 0 Å². The highest BCUT2D eigenvalue weighted by atomic mass is 16.5. The van der Waals surface area contributed by atoms with Crippen molar-refractivity contribution in [2.24, 2.45) is 0 Å².